The first kappa shape index (κ1) is 61.2. The Morgan fingerprint density at radius 2 is 0.857 bits per heavy atom. The van der Waals surface area contributed by atoms with Crippen LogP contribution >= 0.6 is 7.82 Å². The third-order valence-corrected chi connectivity index (χ3v) is 12.4. The molecule has 0 aliphatic rings. The molecule has 0 saturated carbocycles. The van der Waals surface area contributed by atoms with E-state index >= 15 is 0 Å². The third kappa shape index (κ3) is 49.5. The van der Waals surface area contributed by atoms with Crippen molar-refractivity contribution in [2.45, 2.75) is 245 Å². The highest BCUT2D eigenvalue weighted by molar-refractivity contribution is 7.45. The van der Waals surface area contributed by atoms with Gasteiger partial charge in [-0.3, -0.25) is 14.2 Å². The van der Waals surface area contributed by atoms with Gasteiger partial charge in [-0.1, -0.05) is 211 Å². The van der Waals surface area contributed by atoms with Crippen LogP contribution in [0.4, 0.5) is 0 Å². The van der Waals surface area contributed by atoms with Gasteiger partial charge in [0.05, 0.1) is 27.7 Å². The number of ether oxygens (including phenoxy) is 2. The number of carbonyl (C=O) groups is 2. The Balaban J connectivity index is 4.26. The number of hydrogen-bond acceptors (Lipinski definition) is 8. The molecule has 9 nitrogen and oxygen atoms in total. The summed E-state index contributed by atoms with van der Waals surface area (Å²) >= 11 is 0. The van der Waals surface area contributed by atoms with Crippen LogP contribution in [0.25, 0.3) is 0 Å². The lowest BCUT2D eigenvalue weighted by molar-refractivity contribution is -0.870. The molecule has 0 radical (unpaired) electrons. The number of hydrogen-bond donors (Lipinski definition) is 0. The standard InChI is InChI=1S/C53H100NO8P/c1-6-8-10-12-14-16-18-20-22-24-26-27-28-30-32-34-36-38-40-42-44-46-53(56)62-51(50-61-63(57,58)60-48-47-54(3,4)5)49-59-52(55)45-43-41-39-37-35-33-31-29-25-23-21-19-17-15-13-11-9-7-2/h18,20,24,26,28,30,51H,6-17,19,21-23,25,27,29,31-50H2,1-5H3/b20-18-,26-24-,30-28-. The Kier molecular flexibility index (Phi) is 44.1. The van der Waals surface area contributed by atoms with Crippen molar-refractivity contribution in [2.75, 3.05) is 47.5 Å². The number of rotatable bonds is 48. The number of esters is 2. The van der Waals surface area contributed by atoms with Crippen LogP contribution in [0, 0.1) is 0 Å². The maximum atomic E-state index is 12.7. The van der Waals surface area contributed by atoms with Crippen molar-refractivity contribution in [3.63, 3.8) is 0 Å². The van der Waals surface area contributed by atoms with Crippen LogP contribution in [-0.4, -0.2) is 70.0 Å². The van der Waals surface area contributed by atoms with Gasteiger partial charge >= 0.3 is 11.9 Å². The molecule has 0 aromatic rings. The van der Waals surface area contributed by atoms with E-state index in [1.54, 1.807) is 0 Å². The monoisotopic (exact) mass is 910 g/mol. The van der Waals surface area contributed by atoms with E-state index in [4.69, 9.17) is 18.5 Å². The van der Waals surface area contributed by atoms with E-state index in [2.05, 4.69) is 50.3 Å². The lowest BCUT2D eigenvalue weighted by Gasteiger charge is -2.28. The first-order chi connectivity index (χ1) is 30.5. The van der Waals surface area contributed by atoms with Gasteiger partial charge in [0, 0.05) is 12.8 Å². The van der Waals surface area contributed by atoms with Crippen molar-refractivity contribution in [3.05, 3.63) is 36.5 Å². The Hall–Kier alpha value is -1.77. The van der Waals surface area contributed by atoms with Gasteiger partial charge in [-0.05, 0) is 51.4 Å². The summed E-state index contributed by atoms with van der Waals surface area (Å²) in [6.07, 6.45) is 53.1. The van der Waals surface area contributed by atoms with Crippen LogP contribution in [0.1, 0.15) is 239 Å². The molecule has 0 aromatic heterocycles. The smallest absolute Gasteiger partial charge is 0.306 e. The summed E-state index contributed by atoms with van der Waals surface area (Å²) in [5.74, 6) is -0.839. The maximum Gasteiger partial charge on any atom is 0.306 e. The summed E-state index contributed by atoms with van der Waals surface area (Å²) in [6, 6.07) is 0. The molecule has 63 heavy (non-hydrogen) atoms. The summed E-state index contributed by atoms with van der Waals surface area (Å²) in [7, 11) is 1.16. The highest BCUT2D eigenvalue weighted by atomic mass is 31.2. The largest absolute Gasteiger partial charge is 0.756 e. The van der Waals surface area contributed by atoms with Gasteiger partial charge in [-0.15, -0.1) is 0 Å². The van der Waals surface area contributed by atoms with Crippen LogP contribution in [0.15, 0.2) is 36.5 Å². The minimum absolute atomic E-state index is 0.0327. The van der Waals surface area contributed by atoms with Gasteiger partial charge in [0.2, 0.25) is 0 Å². The Bertz CT molecular complexity index is 1170. The lowest BCUT2D eigenvalue weighted by Crippen LogP contribution is -2.37. The van der Waals surface area contributed by atoms with E-state index in [9.17, 15) is 19.0 Å². The van der Waals surface area contributed by atoms with E-state index in [1.807, 2.05) is 21.1 Å². The molecule has 0 fully saturated rings. The molecule has 0 spiro atoms. The maximum absolute atomic E-state index is 12.7. The fourth-order valence-corrected chi connectivity index (χ4v) is 8.04. The van der Waals surface area contributed by atoms with Gasteiger partial charge in [0.15, 0.2) is 6.10 Å². The van der Waals surface area contributed by atoms with Crippen molar-refractivity contribution in [1.29, 1.82) is 0 Å². The van der Waals surface area contributed by atoms with Crippen LogP contribution in [0.2, 0.25) is 0 Å². The summed E-state index contributed by atoms with van der Waals surface area (Å²) in [5, 5.41) is 0. The lowest BCUT2D eigenvalue weighted by atomic mass is 10.0. The molecular weight excluding hydrogens is 810 g/mol. The molecule has 10 heteroatoms. The number of phosphoric ester groups is 1. The normalized spacial score (nSPS) is 13.7. The predicted molar refractivity (Wildman–Crippen MR) is 264 cm³/mol. The number of quaternary nitrogens is 1. The zero-order chi connectivity index (χ0) is 46.4. The second kappa shape index (κ2) is 45.4. The number of carbonyl (C=O) groups excluding carboxylic acids is 2. The predicted octanol–water partition coefficient (Wildman–Crippen LogP) is 15.0. The first-order valence-corrected chi connectivity index (χ1v) is 27.7. The molecule has 0 aliphatic heterocycles. The quantitative estimate of drug-likeness (QED) is 0.0195. The molecule has 2 atom stereocenters. The summed E-state index contributed by atoms with van der Waals surface area (Å²) in [4.78, 5) is 37.7. The number of phosphoric acid groups is 1. The zero-order valence-electron chi connectivity index (χ0n) is 41.8. The van der Waals surface area contributed by atoms with Crippen molar-refractivity contribution in [3.8, 4) is 0 Å². The van der Waals surface area contributed by atoms with Crippen LogP contribution in [0.3, 0.4) is 0 Å². The summed E-state index contributed by atoms with van der Waals surface area (Å²) in [5.41, 5.74) is 0. The van der Waals surface area contributed by atoms with Crippen molar-refractivity contribution in [1.82, 2.24) is 0 Å². The molecular formula is C53H100NO8P. The first-order valence-electron chi connectivity index (χ1n) is 26.2. The number of nitrogens with zero attached hydrogens (tertiary/aromatic N) is 1. The molecule has 0 aromatic carbocycles. The number of unbranched alkanes of at least 4 members (excludes halogenated alkanes) is 28. The van der Waals surface area contributed by atoms with E-state index < -0.39 is 26.5 Å². The SMILES string of the molecule is CCCCCCC/C=C\C/C=C\C/C=C\CCCCCCCCC(=O)OC(COC(=O)CCCCCCCCCCCCCCCCCCCC)COP(=O)([O-])OCC[N+](C)(C)C. The average molecular weight is 910 g/mol. The van der Waals surface area contributed by atoms with E-state index in [-0.39, 0.29) is 32.0 Å². The Labute approximate surface area is 389 Å². The second-order valence-corrected chi connectivity index (χ2v) is 20.3. The van der Waals surface area contributed by atoms with Crippen molar-refractivity contribution >= 4 is 19.8 Å². The van der Waals surface area contributed by atoms with Gasteiger partial charge in [-0.25, -0.2) is 0 Å². The molecule has 0 heterocycles. The number of allylic oxidation sites excluding steroid dienone is 6. The van der Waals surface area contributed by atoms with Crippen LogP contribution in [0.5, 0.6) is 0 Å². The molecule has 0 bridgehead atoms. The Morgan fingerprint density at radius 1 is 0.492 bits per heavy atom. The second-order valence-electron chi connectivity index (χ2n) is 18.9. The van der Waals surface area contributed by atoms with Crippen molar-refractivity contribution < 1.29 is 42.1 Å². The number of likely N-dealkylation sites (N-methyl/N-ethyl adjacent to an activating group) is 1. The van der Waals surface area contributed by atoms with Gasteiger partial charge < -0.3 is 27.9 Å². The van der Waals surface area contributed by atoms with Gasteiger partial charge in [0.1, 0.15) is 19.8 Å². The highest BCUT2D eigenvalue weighted by Crippen LogP contribution is 2.38. The molecule has 0 rings (SSSR count). The van der Waals surface area contributed by atoms with Gasteiger partial charge in [0.25, 0.3) is 7.82 Å². The van der Waals surface area contributed by atoms with E-state index in [0.717, 1.165) is 70.6 Å². The zero-order valence-corrected chi connectivity index (χ0v) is 42.7. The third-order valence-electron chi connectivity index (χ3n) is 11.4. The fourth-order valence-electron chi connectivity index (χ4n) is 7.31. The Morgan fingerprint density at radius 3 is 1.27 bits per heavy atom. The topological polar surface area (TPSA) is 111 Å². The van der Waals surface area contributed by atoms with E-state index in [0.29, 0.717) is 17.4 Å². The van der Waals surface area contributed by atoms with Crippen LogP contribution in [-0.2, 0) is 32.7 Å². The minimum Gasteiger partial charge on any atom is -0.756 e. The molecule has 0 N–H and O–H groups in total. The van der Waals surface area contributed by atoms with Crippen LogP contribution < -0.4 is 4.89 Å². The molecule has 2 unspecified atom stereocenters. The summed E-state index contributed by atoms with van der Waals surface area (Å²) < 4.78 is 34.1. The fraction of sp³-hybridized carbons (Fsp3) is 0.849. The molecule has 370 valence electrons. The molecule has 0 aliphatic carbocycles. The average Bonchev–Trinajstić information content (AvgIpc) is 3.24. The van der Waals surface area contributed by atoms with Gasteiger partial charge in [-0.2, -0.15) is 0 Å². The highest BCUT2D eigenvalue weighted by Gasteiger charge is 2.21. The molecule has 0 saturated heterocycles. The molecule has 0 amide bonds. The van der Waals surface area contributed by atoms with Crippen molar-refractivity contribution in [2.24, 2.45) is 0 Å². The van der Waals surface area contributed by atoms with E-state index in [1.165, 1.54) is 135 Å². The minimum atomic E-state index is -4.63. The summed E-state index contributed by atoms with van der Waals surface area (Å²) in [6.45, 7) is 4.24.